The van der Waals surface area contributed by atoms with Crippen molar-refractivity contribution in [2.45, 2.75) is 6.42 Å². The molecular weight excluding hydrogens is 338 g/mol. The average molecular weight is 354 g/mol. The molecule has 0 aliphatic heterocycles. The van der Waals surface area contributed by atoms with Crippen LogP contribution in [0.1, 0.15) is 15.9 Å². The molecule has 0 aliphatic rings. The molecule has 2 rings (SSSR count). The Hall–Kier alpha value is -1.89. The molecule has 0 bridgehead atoms. The number of nitrogens with zero attached hydrogens (tertiary/aromatic N) is 1. The lowest BCUT2D eigenvalue weighted by atomic mass is 10.1. The van der Waals surface area contributed by atoms with E-state index >= 15 is 0 Å². The molecule has 0 saturated carbocycles. The maximum atomic E-state index is 11.6. The standard InChI is InChI=1S/C16H16ClNO4S/c1-22-16(19)13-6-8-14(9-7-13)18(23(20)21)11-10-12-4-2-3-5-15(12)17/h2-9H,10-11H2,1H3,(H,20,21). The first-order valence-electron chi connectivity index (χ1n) is 6.83. The highest BCUT2D eigenvalue weighted by atomic mass is 35.5. The second kappa shape index (κ2) is 8.10. The molecule has 1 atom stereocenters. The van der Waals surface area contributed by atoms with E-state index in [1.54, 1.807) is 30.3 Å². The molecule has 0 heterocycles. The summed E-state index contributed by atoms with van der Waals surface area (Å²) in [5.41, 5.74) is 1.81. The minimum atomic E-state index is -2.18. The summed E-state index contributed by atoms with van der Waals surface area (Å²) in [4.78, 5) is 11.4. The summed E-state index contributed by atoms with van der Waals surface area (Å²) in [7, 11) is 1.30. The second-order valence-electron chi connectivity index (χ2n) is 4.71. The van der Waals surface area contributed by atoms with E-state index in [9.17, 15) is 13.6 Å². The van der Waals surface area contributed by atoms with Gasteiger partial charge in [0.25, 0.3) is 11.3 Å². The summed E-state index contributed by atoms with van der Waals surface area (Å²) in [5.74, 6) is -0.454. The Morgan fingerprint density at radius 2 is 1.87 bits per heavy atom. The molecule has 0 spiro atoms. The Bertz CT molecular complexity index is 705. The molecule has 0 aliphatic carbocycles. The van der Waals surface area contributed by atoms with Gasteiger partial charge >= 0.3 is 5.97 Å². The number of esters is 1. The largest absolute Gasteiger partial charge is 0.465 e. The number of carbonyl (C=O) groups is 1. The van der Waals surface area contributed by atoms with Crippen molar-refractivity contribution in [1.82, 2.24) is 0 Å². The Morgan fingerprint density at radius 1 is 1.22 bits per heavy atom. The van der Waals surface area contributed by atoms with Crippen molar-refractivity contribution in [3.8, 4) is 0 Å². The molecule has 5 nitrogen and oxygen atoms in total. The van der Waals surface area contributed by atoms with Crippen LogP contribution in [-0.2, 0) is 22.4 Å². The van der Waals surface area contributed by atoms with Crippen LogP contribution in [0.25, 0.3) is 0 Å². The number of anilines is 1. The number of ether oxygens (including phenoxy) is 1. The topological polar surface area (TPSA) is 66.8 Å². The quantitative estimate of drug-likeness (QED) is 0.639. The third kappa shape index (κ3) is 4.54. The molecule has 0 fully saturated rings. The lowest BCUT2D eigenvalue weighted by molar-refractivity contribution is 0.0601. The van der Waals surface area contributed by atoms with Gasteiger partial charge in [0.05, 0.1) is 18.4 Å². The maximum absolute atomic E-state index is 11.6. The zero-order valence-corrected chi connectivity index (χ0v) is 14.0. The summed E-state index contributed by atoms with van der Waals surface area (Å²) in [5, 5.41) is 0.622. The van der Waals surface area contributed by atoms with E-state index in [0.717, 1.165) is 5.56 Å². The first-order chi connectivity index (χ1) is 11.0. The molecule has 0 aromatic heterocycles. The van der Waals surface area contributed by atoms with Gasteiger partial charge in [-0.05, 0) is 42.3 Å². The fourth-order valence-electron chi connectivity index (χ4n) is 2.10. The van der Waals surface area contributed by atoms with Crippen molar-refractivity contribution in [1.29, 1.82) is 0 Å². The highest BCUT2D eigenvalue weighted by Gasteiger charge is 2.14. The van der Waals surface area contributed by atoms with Gasteiger partial charge in [-0.15, -0.1) is 0 Å². The van der Waals surface area contributed by atoms with Gasteiger partial charge in [0, 0.05) is 11.6 Å². The third-order valence-electron chi connectivity index (χ3n) is 3.31. The van der Waals surface area contributed by atoms with Crippen molar-refractivity contribution in [2.24, 2.45) is 0 Å². The van der Waals surface area contributed by atoms with Crippen molar-refractivity contribution >= 4 is 34.5 Å². The van der Waals surface area contributed by atoms with Gasteiger partial charge in [-0.1, -0.05) is 29.8 Å². The fourth-order valence-corrected chi connectivity index (χ4v) is 2.88. The molecule has 2 aromatic rings. The summed E-state index contributed by atoms with van der Waals surface area (Å²) in [6.45, 7) is 0.310. The predicted octanol–water partition coefficient (Wildman–Crippen LogP) is 3.31. The molecule has 2 aromatic carbocycles. The van der Waals surface area contributed by atoms with E-state index in [1.807, 2.05) is 18.2 Å². The van der Waals surface area contributed by atoms with E-state index in [2.05, 4.69) is 4.74 Å². The summed E-state index contributed by atoms with van der Waals surface area (Å²) < 4.78 is 27.1. The first-order valence-corrected chi connectivity index (χ1v) is 8.27. The van der Waals surface area contributed by atoms with Crippen molar-refractivity contribution in [2.75, 3.05) is 18.0 Å². The van der Waals surface area contributed by atoms with E-state index in [1.165, 1.54) is 11.4 Å². The third-order valence-corrected chi connectivity index (χ3v) is 4.45. The van der Waals surface area contributed by atoms with E-state index in [4.69, 9.17) is 11.6 Å². The molecule has 1 unspecified atom stereocenters. The Labute approximate surface area is 142 Å². The Kier molecular flexibility index (Phi) is 6.15. The smallest absolute Gasteiger partial charge is 0.337 e. The van der Waals surface area contributed by atoms with Crippen LogP contribution in [0, 0.1) is 0 Å². The maximum Gasteiger partial charge on any atom is 0.337 e. The first kappa shape index (κ1) is 17.5. The number of carbonyl (C=O) groups excluding carboxylic acids is 1. The van der Waals surface area contributed by atoms with Crippen LogP contribution in [-0.4, -0.2) is 28.4 Å². The van der Waals surface area contributed by atoms with Gasteiger partial charge < -0.3 is 4.74 Å². The van der Waals surface area contributed by atoms with Crippen LogP contribution in [0.2, 0.25) is 5.02 Å². The number of hydrogen-bond donors (Lipinski definition) is 1. The Morgan fingerprint density at radius 3 is 2.43 bits per heavy atom. The highest BCUT2D eigenvalue weighted by molar-refractivity contribution is 7.80. The van der Waals surface area contributed by atoms with Crippen LogP contribution in [0.5, 0.6) is 0 Å². The van der Waals surface area contributed by atoms with Gasteiger partial charge in [0.1, 0.15) is 0 Å². The van der Waals surface area contributed by atoms with Crippen molar-refractivity contribution in [3.05, 3.63) is 64.7 Å². The zero-order valence-electron chi connectivity index (χ0n) is 12.4. The summed E-state index contributed by atoms with van der Waals surface area (Å²) in [6, 6.07) is 13.7. The molecule has 122 valence electrons. The molecule has 7 heteroatoms. The predicted molar refractivity (Wildman–Crippen MR) is 91.1 cm³/mol. The van der Waals surface area contributed by atoms with Gasteiger partial charge in [-0.3, -0.25) is 8.86 Å². The lowest BCUT2D eigenvalue weighted by Gasteiger charge is -2.20. The van der Waals surface area contributed by atoms with E-state index in [0.29, 0.717) is 29.2 Å². The number of benzene rings is 2. The van der Waals surface area contributed by atoms with Crippen LogP contribution in [0.4, 0.5) is 5.69 Å². The average Bonchev–Trinajstić information content (AvgIpc) is 2.56. The van der Waals surface area contributed by atoms with Crippen LogP contribution in [0.3, 0.4) is 0 Å². The van der Waals surface area contributed by atoms with Gasteiger partial charge in [-0.2, -0.15) is 0 Å². The monoisotopic (exact) mass is 353 g/mol. The molecule has 23 heavy (non-hydrogen) atoms. The summed E-state index contributed by atoms with van der Waals surface area (Å²) >= 11 is 3.92. The van der Waals surface area contributed by atoms with Gasteiger partial charge in [0.2, 0.25) is 0 Å². The van der Waals surface area contributed by atoms with E-state index in [-0.39, 0.29) is 0 Å². The zero-order chi connectivity index (χ0) is 16.8. The highest BCUT2D eigenvalue weighted by Crippen LogP contribution is 2.20. The number of hydrogen-bond acceptors (Lipinski definition) is 3. The van der Waals surface area contributed by atoms with Gasteiger partial charge in [0.15, 0.2) is 0 Å². The molecular formula is C16H16ClNO4S. The molecule has 1 N–H and O–H groups in total. The normalized spacial score (nSPS) is 11.8. The minimum Gasteiger partial charge on any atom is -0.465 e. The summed E-state index contributed by atoms with van der Waals surface area (Å²) in [6.07, 6.45) is 0.519. The molecule has 0 saturated heterocycles. The van der Waals surface area contributed by atoms with Gasteiger partial charge in [-0.25, -0.2) is 9.00 Å². The van der Waals surface area contributed by atoms with Crippen LogP contribution in [0.15, 0.2) is 48.5 Å². The number of rotatable bonds is 6. The van der Waals surface area contributed by atoms with E-state index < -0.39 is 17.2 Å². The van der Waals surface area contributed by atoms with Crippen molar-refractivity contribution < 1.29 is 18.3 Å². The van der Waals surface area contributed by atoms with Crippen LogP contribution >= 0.6 is 11.6 Å². The lowest BCUT2D eigenvalue weighted by Crippen LogP contribution is -2.27. The number of methoxy groups -OCH3 is 1. The second-order valence-corrected chi connectivity index (χ2v) is 6.02. The SMILES string of the molecule is COC(=O)c1ccc(N(CCc2ccccc2Cl)S(=O)O)cc1. The number of halogens is 1. The van der Waals surface area contributed by atoms with Crippen molar-refractivity contribution in [3.63, 3.8) is 0 Å². The molecule has 0 radical (unpaired) electrons. The molecule has 0 amide bonds. The minimum absolute atomic E-state index is 0.310. The Balaban J connectivity index is 2.14. The van der Waals surface area contributed by atoms with Crippen LogP contribution < -0.4 is 4.31 Å². The fraction of sp³-hybridized carbons (Fsp3) is 0.188.